The average molecular weight is 456 g/mol. The lowest BCUT2D eigenvalue weighted by molar-refractivity contribution is 0.0857. The van der Waals surface area contributed by atoms with E-state index in [2.05, 4.69) is 10.3 Å². The lowest BCUT2D eigenvalue weighted by Gasteiger charge is -2.20. The fourth-order valence-corrected chi connectivity index (χ4v) is 4.97. The molecular weight excluding hydrogens is 430 g/mol. The summed E-state index contributed by atoms with van der Waals surface area (Å²) in [6.07, 6.45) is 3.12. The van der Waals surface area contributed by atoms with Crippen LogP contribution >= 0.6 is 0 Å². The Morgan fingerprint density at radius 3 is 2.78 bits per heavy atom. The van der Waals surface area contributed by atoms with Crippen LogP contribution in [0.2, 0.25) is 0 Å². The van der Waals surface area contributed by atoms with Gasteiger partial charge in [-0.3, -0.25) is 13.9 Å². The van der Waals surface area contributed by atoms with Gasteiger partial charge in [0, 0.05) is 37.3 Å². The Hall–Kier alpha value is -3.17. The number of carbonyl (C=O) groups excluding carboxylic acids is 1. The Morgan fingerprint density at radius 1 is 1.25 bits per heavy atom. The van der Waals surface area contributed by atoms with Crippen LogP contribution in [-0.4, -0.2) is 45.6 Å². The molecule has 2 aromatic carbocycles. The number of amides is 1. The van der Waals surface area contributed by atoms with Crippen molar-refractivity contribution in [2.24, 2.45) is 0 Å². The lowest BCUT2D eigenvalue weighted by atomic mass is 10.1. The number of fused-ring (bicyclic) bond motifs is 1. The van der Waals surface area contributed by atoms with E-state index < -0.39 is 21.4 Å². The molecule has 32 heavy (non-hydrogen) atoms. The molecule has 1 amide bonds. The topological polar surface area (TPSA) is 109 Å². The van der Waals surface area contributed by atoms with Crippen LogP contribution in [-0.2, 0) is 14.8 Å². The second-order valence-electron chi connectivity index (χ2n) is 7.90. The number of aromatic amines is 1. The molecule has 168 valence electrons. The lowest BCUT2D eigenvalue weighted by Crippen LogP contribution is -2.34. The van der Waals surface area contributed by atoms with Crippen molar-refractivity contribution in [2.45, 2.75) is 30.8 Å². The molecule has 9 heteroatoms. The zero-order valence-corrected chi connectivity index (χ0v) is 18.7. The molecule has 2 N–H and O–H groups in total. The molecule has 3 aromatic rings. The third-order valence-corrected chi connectivity index (χ3v) is 7.42. The molecule has 2 heterocycles. The van der Waals surface area contributed by atoms with E-state index in [0.29, 0.717) is 24.4 Å². The molecule has 1 unspecified atom stereocenters. The van der Waals surface area contributed by atoms with Crippen molar-refractivity contribution in [3.05, 3.63) is 70.0 Å². The molecule has 0 saturated carbocycles. The number of aromatic nitrogens is 1. The molecule has 1 aromatic heterocycles. The number of aryl methyl sites for hydroxylation is 1. The maximum absolute atomic E-state index is 13.2. The molecule has 1 atom stereocenters. The van der Waals surface area contributed by atoms with Gasteiger partial charge in [-0.15, -0.1) is 0 Å². The van der Waals surface area contributed by atoms with Crippen molar-refractivity contribution in [1.29, 1.82) is 0 Å². The molecule has 1 aliphatic rings. The smallest absolute Gasteiger partial charge is 0.264 e. The molecule has 1 fully saturated rings. The average Bonchev–Trinajstić information content (AvgIpc) is 3.31. The molecule has 4 rings (SSSR count). The van der Waals surface area contributed by atoms with Gasteiger partial charge in [0.25, 0.3) is 15.9 Å². The highest BCUT2D eigenvalue weighted by Gasteiger charge is 2.23. The molecule has 0 aliphatic carbocycles. The van der Waals surface area contributed by atoms with Crippen molar-refractivity contribution in [2.75, 3.05) is 24.5 Å². The largest absolute Gasteiger partial charge is 0.376 e. The Kier molecular flexibility index (Phi) is 6.03. The number of rotatable bonds is 6. The minimum atomic E-state index is -3.91. The molecule has 0 bridgehead atoms. The second-order valence-corrected chi connectivity index (χ2v) is 9.86. The fourth-order valence-electron chi connectivity index (χ4n) is 3.75. The van der Waals surface area contributed by atoms with E-state index in [1.165, 1.54) is 35.7 Å². The molecule has 1 saturated heterocycles. The van der Waals surface area contributed by atoms with Crippen LogP contribution in [0.15, 0.2) is 58.4 Å². The van der Waals surface area contributed by atoms with Gasteiger partial charge < -0.3 is 15.0 Å². The van der Waals surface area contributed by atoms with Crippen molar-refractivity contribution in [3.63, 3.8) is 0 Å². The van der Waals surface area contributed by atoms with Gasteiger partial charge in [0.15, 0.2) is 0 Å². The van der Waals surface area contributed by atoms with Crippen molar-refractivity contribution in [3.8, 4) is 0 Å². The Bertz CT molecular complexity index is 1330. The maximum Gasteiger partial charge on any atom is 0.264 e. The standard InChI is InChI=1S/C23H25N3O5S/c1-15-5-3-6-16(11-15)26(2)32(29,30)18-8-9-21-19(12-18)22(27)20(14-24-21)23(28)25-13-17-7-4-10-31-17/h3,5-6,8-9,11-12,14,17H,4,7,10,13H2,1-2H3,(H,24,27)(H,25,28). The van der Waals surface area contributed by atoms with Gasteiger partial charge in [-0.25, -0.2) is 8.42 Å². The summed E-state index contributed by atoms with van der Waals surface area (Å²) in [5.74, 6) is -0.520. The van der Waals surface area contributed by atoms with Gasteiger partial charge in [-0.2, -0.15) is 0 Å². The zero-order chi connectivity index (χ0) is 22.9. The Balaban J connectivity index is 1.66. The first-order chi connectivity index (χ1) is 15.3. The van der Waals surface area contributed by atoms with Crippen molar-refractivity contribution < 1.29 is 17.9 Å². The summed E-state index contributed by atoms with van der Waals surface area (Å²) in [4.78, 5) is 28.5. The first-order valence-corrected chi connectivity index (χ1v) is 11.8. The van der Waals surface area contributed by atoms with Crippen molar-refractivity contribution in [1.82, 2.24) is 10.3 Å². The molecule has 1 aliphatic heterocycles. The number of anilines is 1. The number of hydrogen-bond donors (Lipinski definition) is 2. The predicted molar refractivity (Wildman–Crippen MR) is 123 cm³/mol. The van der Waals surface area contributed by atoms with Crippen LogP contribution < -0.4 is 15.1 Å². The number of nitrogens with zero attached hydrogens (tertiary/aromatic N) is 1. The highest BCUT2D eigenvalue weighted by atomic mass is 32.2. The Labute approximate surface area is 186 Å². The Morgan fingerprint density at radius 2 is 2.06 bits per heavy atom. The van der Waals surface area contributed by atoms with E-state index >= 15 is 0 Å². The highest BCUT2D eigenvalue weighted by Crippen LogP contribution is 2.24. The van der Waals surface area contributed by atoms with Crippen LogP contribution in [0.4, 0.5) is 5.69 Å². The van der Waals surface area contributed by atoms with Crippen LogP contribution in [0.1, 0.15) is 28.8 Å². The van der Waals surface area contributed by atoms with E-state index in [9.17, 15) is 18.0 Å². The van der Waals surface area contributed by atoms with Crippen molar-refractivity contribution >= 4 is 32.5 Å². The summed E-state index contributed by atoms with van der Waals surface area (Å²) in [7, 11) is -2.44. The normalized spacial score (nSPS) is 16.2. The summed E-state index contributed by atoms with van der Waals surface area (Å²) in [6, 6.07) is 11.4. The number of pyridine rings is 1. The van der Waals surface area contributed by atoms with E-state index in [0.717, 1.165) is 18.4 Å². The van der Waals surface area contributed by atoms with Gasteiger partial charge >= 0.3 is 0 Å². The summed E-state index contributed by atoms with van der Waals surface area (Å²) in [5.41, 5.74) is 1.29. The highest BCUT2D eigenvalue weighted by molar-refractivity contribution is 7.92. The monoisotopic (exact) mass is 455 g/mol. The number of ether oxygens (including phenoxy) is 1. The molecule has 0 spiro atoms. The van der Waals surface area contributed by atoms with Gasteiger partial charge in [-0.05, 0) is 55.7 Å². The summed E-state index contributed by atoms with van der Waals surface area (Å²) in [6.45, 7) is 2.88. The SMILES string of the molecule is Cc1cccc(N(C)S(=O)(=O)c2ccc3[nH]cc(C(=O)NCC4CCCO4)c(=O)c3c2)c1. The maximum atomic E-state index is 13.2. The first kappa shape index (κ1) is 22.0. The van der Waals surface area contributed by atoms with Crippen LogP contribution in [0.3, 0.4) is 0 Å². The number of hydrogen-bond acceptors (Lipinski definition) is 5. The second kappa shape index (κ2) is 8.76. The first-order valence-electron chi connectivity index (χ1n) is 10.4. The minimum absolute atomic E-state index is 0.0311. The number of carbonyl (C=O) groups is 1. The van der Waals surface area contributed by atoms with E-state index in [1.807, 2.05) is 13.0 Å². The van der Waals surface area contributed by atoms with Crippen LogP contribution in [0.25, 0.3) is 10.9 Å². The van der Waals surface area contributed by atoms with E-state index in [-0.39, 0.29) is 21.9 Å². The third-order valence-electron chi connectivity index (χ3n) is 5.63. The fraction of sp³-hybridized carbons (Fsp3) is 0.304. The number of H-pyrrole nitrogens is 1. The van der Waals surface area contributed by atoms with Gasteiger partial charge in [0.2, 0.25) is 5.43 Å². The van der Waals surface area contributed by atoms with E-state index in [4.69, 9.17) is 4.74 Å². The van der Waals surface area contributed by atoms with Crippen LogP contribution in [0, 0.1) is 6.92 Å². The minimum Gasteiger partial charge on any atom is -0.376 e. The summed E-state index contributed by atoms with van der Waals surface area (Å²) in [5, 5.41) is 2.86. The zero-order valence-electron chi connectivity index (χ0n) is 17.9. The predicted octanol–water partition coefficient (Wildman–Crippen LogP) is 2.57. The summed E-state index contributed by atoms with van der Waals surface area (Å²) >= 11 is 0. The third kappa shape index (κ3) is 4.26. The van der Waals surface area contributed by atoms with E-state index in [1.54, 1.807) is 18.2 Å². The molecule has 8 nitrogen and oxygen atoms in total. The summed E-state index contributed by atoms with van der Waals surface area (Å²) < 4.78 is 33.0. The molecule has 0 radical (unpaired) electrons. The number of nitrogens with one attached hydrogen (secondary N) is 2. The quantitative estimate of drug-likeness (QED) is 0.594. The van der Waals surface area contributed by atoms with Gasteiger partial charge in [0.1, 0.15) is 5.56 Å². The van der Waals surface area contributed by atoms with Crippen LogP contribution in [0.5, 0.6) is 0 Å². The van der Waals surface area contributed by atoms with Gasteiger partial charge in [0.05, 0.1) is 16.7 Å². The van der Waals surface area contributed by atoms with Gasteiger partial charge in [-0.1, -0.05) is 12.1 Å². The molecular formula is C23H25N3O5S. The number of sulfonamides is 1. The number of benzene rings is 2.